The van der Waals surface area contributed by atoms with Gasteiger partial charge in [0.25, 0.3) is 10.0 Å². The molecular weight excluding hydrogens is 392 g/mol. The van der Waals surface area contributed by atoms with Crippen LogP contribution in [0.1, 0.15) is 25.5 Å². The minimum absolute atomic E-state index is 0.00596. The molecule has 9 nitrogen and oxygen atoms in total. The van der Waals surface area contributed by atoms with E-state index < -0.39 is 20.9 Å². The quantitative estimate of drug-likeness (QED) is 0.658. The van der Waals surface area contributed by atoms with Crippen molar-refractivity contribution in [2.75, 3.05) is 39.4 Å². The molecule has 152 valence electrons. The van der Waals surface area contributed by atoms with E-state index in [1.54, 1.807) is 6.92 Å². The third-order valence-corrected chi connectivity index (χ3v) is 8.35. The smallest absolute Gasteiger partial charge is 0.305 e. The molecule has 11 heteroatoms. The number of aromatic nitrogens is 1. The summed E-state index contributed by atoms with van der Waals surface area (Å²) < 4.78 is 32.5. The molecule has 1 aromatic heterocycles. The van der Waals surface area contributed by atoms with Crippen molar-refractivity contribution in [2.45, 2.75) is 43.0 Å². The number of rotatable bonds is 6. The average molecular weight is 419 g/mol. The van der Waals surface area contributed by atoms with Crippen LogP contribution in [0.4, 0.5) is 0 Å². The van der Waals surface area contributed by atoms with Crippen LogP contribution in [-0.2, 0) is 19.6 Å². The van der Waals surface area contributed by atoms with Crippen molar-refractivity contribution in [2.24, 2.45) is 0 Å². The number of hydrogen-bond acceptors (Lipinski definition) is 7. The molecular formula is C16H26N4O5S2. The highest BCUT2D eigenvalue weighted by molar-refractivity contribution is 7.91. The van der Waals surface area contributed by atoms with E-state index in [9.17, 15) is 18.0 Å². The number of thiazole rings is 1. The van der Waals surface area contributed by atoms with Crippen LogP contribution in [0.3, 0.4) is 0 Å². The molecule has 3 heterocycles. The first kappa shape index (κ1) is 20.5. The number of amides is 1. The maximum atomic E-state index is 13.0. The van der Waals surface area contributed by atoms with E-state index in [1.807, 2.05) is 6.92 Å². The first-order valence-corrected chi connectivity index (χ1v) is 11.4. The van der Waals surface area contributed by atoms with E-state index in [4.69, 9.17) is 4.74 Å². The van der Waals surface area contributed by atoms with Gasteiger partial charge < -0.3 is 15.0 Å². The van der Waals surface area contributed by atoms with E-state index in [2.05, 4.69) is 15.2 Å². The van der Waals surface area contributed by atoms with E-state index >= 15 is 0 Å². The number of H-pyrrole nitrogens is 1. The molecule has 2 atom stereocenters. The Balaban J connectivity index is 1.67. The second-order valence-electron chi connectivity index (χ2n) is 7.02. The zero-order valence-electron chi connectivity index (χ0n) is 15.6. The van der Waals surface area contributed by atoms with Crippen molar-refractivity contribution in [3.05, 3.63) is 15.4 Å². The number of morpholine rings is 1. The number of sulfonamides is 1. The lowest BCUT2D eigenvalue weighted by Gasteiger charge is -2.30. The van der Waals surface area contributed by atoms with Crippen LogP contribution in [-0.4, -0.2) is 80.0 Å². The Bertz CT molecular complexity index is 828. The van der Waals surface area contributed by atoms with Crippen LogP contribution < -0.4 is 10.2 Å². The molecule has 0 bridgehead atoms. The highest BCUT2D eigenvalue weighted by Crippen LogP contribution is 2.28. The number of carbonyl (C=O) groups is 1. The molecule has 2 aliphatic heterocycles. The van der Waals surface area contributed by atoms with E-state index in [0.29, 0.717) is 49.6 Å². The van der Waals surface area contributed by atoms with Crippen LogP contribution >= 0.6 is 11.3 Å². The molecule has 0 aliphatic carbocycles. The van der Waals surface area contributed by atoms with Crippen molar-refractivity contribution in [1.82, 2.24) is 19.5 Å². The van der Waals surface area contributed by atoms with Gasteiger partial charge in [0.1, 0.15) is 6.04 Å². The van der Waals surface area contributed by atoms with Crippen molar-refractivity contribution >= 4 is 27.3 Å². The number of carbonyl (C=O) groups excluding carboxylic acids is 1. The Kier molecular flexibility index (Phi) is 6.36. The minimum atomic E-state index is -3.87. The van der Waals surface area contributed by atoms with Crippen LogP contribution in [0.5, 0.6) is 0 Å². The first-order chi connectivity index (χ1) is 12.8. The van der Waals surface area contributed by atoms with Gasteiger partial charge in [-0.1, -0.05) is 11.3 Å². The molecule has 0 radical (unpaired) electrons. The number of nitrogens with zero attached hydrogens (tertiary/aromatic N) is 2. The van der Waals surface area contributed by atoms with Gasteiger partial charge in [-0.25, -0.2) is 8.42 Å². The summed E-state index contributed by atoms with van der Waals surface area (Å²) >= 11 is 0.668. The van der Waals surface area contributed by atoms with Gasteiger partial charge in [-0.3, -0.25) is 14.5 Å². The molecule has 1 amide bonds. The molecule has 27 heavy (non-hydrogen) atoms. The van der Waals surface area contributed by atoms with Gasteiger partial charge in [0, 0.05) is 37.9 Å². The molecule has 0 spiro atoms. The van der Waals surface area contributed by atoms with Crippen LogP contribution in [0, 0.1) is 6.92 Å². The normalized spacial score (nSPS) is 23.4. The second kappa shape index (κ2) is 8.39. The van der Waals surface area contributed by atoms with Crippen molar-refractivity contribution in [3.63, 3.8) is 0 Å². The fraction of sp³-hybridized carbons (Fsp3) is 0.750. The maximum Gasteiger partial charge on any atom is 0.305 e. The lowest BCUT2D eigenvalue weighted by atomic mass is 10.2. The number of aromatic amines is 1. The van der Waals surface area contributed by atoms with Gasteiger partial charge in [0.2, 0.25) is 5.91 Å². The highest BCUT2D eigenvalue weighted by atomic mass is 32.2. The highest BCUT2D eigenvalue weighted by Gasteiger charge is 2.41. The Morgan fingerprint density at radius 2 is 2.07 bits per heavy atom. The number of hydrogen-bond donors (Lipinski definition) is 2. The third kappa shape index (κ3) is 4.60. The summed E-state index contributed by atoms with van der Waals surface area (Å²) in [5, 5.41) is 2.95. The molecule has 0 saturated carbocycles. The molecule has 2 fully saturated rings. The Hall–Kier alpha value is -1.27. The van der Waals surface area contributed by atoms with Crippen molar-refractivity contribution in [1.29, 1.82) is 0 Å². The Morgan fingerprint density at radius 3 is 2.70 bits per heavy atom. The van der Waals surface area contributed by atoms with Crippen LogP contribution in [0.25, 0.3) is 0 Å². The third-order valence-electron chi connectivity index (χ3n) is 4.85. The molecule has 2 N–H and O–H groups in total. The maximum absolute atomic E-state index is 13.0. The molecule has 2 aliphatic rings. The average Bonchev–Trinajstić information content (AvgIpc) is 3.22. The predicted molar refractivity (Wildman–Crippen MR) is 101 cm³/mol. The van der Waals surface area contributed by atoms with Crippen LogP contribution in [0.15, 0.2) is 9.00 Å². The number of nitrogens with one attached hydrogen (secondary N) is 2. The SMILES string of the molecule is Cc1[nH]c(=O)sc1S(=O)(=O)N1CCC[C@H]1C(=O)N[C@H](C)CN1CCOCC1. The number of ether oxygens (including phenoxy) is 1. The standard InChI is InChI=1S/C16H26N4O5S2/c1-11(10-19-6-8-25-9-7-19)17-14(21)13-4-3-5-20(13)27(23,24)15-12(2)18-16(22)26-15/h11,13H,3-10H2,1-2H3,(H,17,21)(H,18,22)/t11-,13+/m1/s1. The number of aryl methyl sites for hydroxylation is 1. The fourth-order valence-electron chi connectivity index (χ4n) is 3.59. The van der Waals surface area contributed by atoms with Crippen LogP contribution in [0.2, 0.25) is 0 Å². The molecule has 3 rings (SSSR count). The van der Waals surface area contributed by atoms with Crippen molar-refractivity contribution in [3.8, 4) is 0 Å². The zero-order valence-corrected chi connectivity index (χ0v) is 17.2. The fourth-order valence-corrected chi connectivity index (χ4v) is 6.66. The summed E-state index contributed by atoms with van der Waals surface area (Å²) in [6, 6.07) is -0.829. The topological polar surface area (TPSA) is 112 Å². The molecule has 0 unspecified atom stereocenters. The van der Waals surface area contributed by atoms with Gasteiger partial charge in [0.05, 0.1) is 13.2 Å². The monoisotopic (exact) mass is 418 g/mol. The van der Waals surface area contributed by atoms with Gasteiger partial charge >= 0.3 is 4.87 Å². The largest absolute Gasteiger partial charge is 0.379 e. The minimum Gasteiger partial charge on any atom is -0.379 e. The van der Waals surface area contributed by atoms with E-state index in [-0.39, 0.29) is 22.7 Å². The molecule has 2 saturated heterocycles. The zero-order chi connectivity index (χ0) is 19.6. The molecule has 1 aromatic rings. The Labute approximate surface area is 162 Å². The van der Waals surface area contributed by atoms with Crippen molar-refractivity contribution < 1.29 is 17.9 Å². The Morgan fingerprint density at radius 1 is 1.37 bits per heavy atom. The summed E-state index contributed by atoms with van der Waals surface area (Å²) in [6.45, 7) is 7.49. The summed E-state index contributed by atoms with van der Waals surface area (Å²) in [4.78, 5) is 28.6. The van der Waals surface area contributed by atoms with Gasteiger partial charge in [-0.2, -0.15) is 4.31 Å². The predicted octanol–water partition coefficient (Wildman–Crippen LogP) is -0.265. The lowest BCUT2D eigenvalue weighted by molar-refractivity contribution is -0.125. The summed E-state index contributed by atoms with van der Waals surface area (Å²) in [5.41, 5.74) is 0.316. The molecule has 0 aromatic carbocycles. The van der Waals surface area contributed by atoms with Gasteiger partial charge in [0.15, 0.2) is 4.21 Å². The van der Waals surface area contributed by atoms with E-state index in [0.717, 1.165) is 13.1 Å². The lowest BCUT2D eigenvalue weighted by Crippen LogP contribution is -2.51. The van der Waals surface area contributed by atoms with Gasteiger partial charge in [-0.05, 0) is 26.7 Å². The van der Waals surface area contributed by atoms with Gasteiger partial charge in [-0.15, -0.1) is 0 Å². The van der Waals surface area contributed by atoms with E-state index in [1.165, 1.54) is 4.31 Å². The second-order valence-corrected chi connectivity index (χ2v) is 10.1. The summed E-state index contributed by atoms with van der Waals surface area (Å²) in [7, 11) is -3.87. The first-order valence-electron chi connectivity index (χ1n) is 9.11. The summed E-state index contributed by atoms with van der Waals surface area (Å²) in [6.07, 6.45) is 1.10. The summed E-state index contributed by atoms with van der Waals surface area (Å²) in [5.74, 6) is -0.280.